The van der Waals surface area contributed by atoms with Crippen LogP contribution in [0.25, 0.3) is 0 Å². The third-order valence-electron chi connectivity index (χ3n) is 2.33. The lowest BCUT2D eigenvalue weighted by Gasteiger charge is -2.15. The molecule has 1 aromatic rings. The van der Waals surface area contributed by atoms with E-state index in [0.717, 1.165) is 0 Å². The Morgan fingerprint density at radius 1 is 1.50 bits per heavy atom. The van der Waals surface area contributed by atoms with Crippen LogP contribution in [-0.2, 0) is 4.74 Å². The number of aromatic hydroxyl groups is 1. The van der Waals surface area contributed by atoms with E-state index in [-0.39, 0.29) is 23.6 Å². The van der Waals surface area contributed by atoms with Gasteiger partial charge in [0, 0.05) is 18.6 Å². The summed E-state index contributed by atoms with van der Waals surface area (Å²) in [4.78, 5) is 11.9. The average Bonchev–Trinajstić information content (AvgIpc) is 2.37. The van der Waals surface area contributed by atoms with E-state index >= 15 is 0 Å². The number of carbonyl (C=O) groups excluding carboxylic acids is 1. The second kappa shape index (κ2) is 7.08. The second-order valence-corrected chi connectivity index (χ2v) is 3.98. The molecule has 0 bridgehead atoms. The van der Waals surface area contributed by atoms with Gasteiger partial charge in [0.15, 0.2) is 11.5 Å². The van der Waals surface area contributed by atoms with Gasteiger partial charge in [-0.05, 0) is 18.2 Å². The van der Waals surface area contributed by atoms with Crippen molar-refractivity contribution >= 4 is 17.5 Å². The van der Waals surface area contributed by atoms with E-state index in [2.05, 4.69) is 5.32 Å². The molecule has 0 saturated heterocycles. The molecule has 1 rings (SSSR count). The number of rotatable bonds is 6. The van der Waals surface area contributed by atoms with Crippen molar-refractivity contribution in [1.82, 2.24) is 5.32 Å². The normalized spacial score (nSPS) is 11.9. The molecule has 0 saturated carbocycles. The van der Waals surface area contributed by atoms with Gasteiger partial charge in [0.2, 0.25) is 0 Å². The van der Waals surface area contributed by atoms with Gasteiger partial charge in [-0.3, -0.25) is 4.79 Å². The van der Waals surface area contributed by atoms with Crippen molar-refractivity contribution < 1.29 is 19.4 Å². The highest BCUT2D eigenvalue weighted by Crippen LogP contribution is 2.26. The number of phenolic OH excluding ortho intramolecular Hbond substituents is 1. The average molecular weight is 274 g/mol. The molecule has 0 aliphatic rings. The lowest BCUT2D eigenvalue weighted by atomic mass is 10.2. The van der Waals surface area contributed by atoms with Gasteiger partial charge >= 0.3 is 0 Å². The van der Waals surface area contributed by atoms with Gasteiger partial charge in [0.05, 0.1) is 19.8 Å². The van der Waals surface area contributed by atoms with Crippen molar-refractivity contribution in [3.05, 3.63) is 23.8 Å². The van der Waals surface area contributed by atoms with Gasteiger partial charge in [-0.25, -0.2) is 0 Å². The fraction of sp³-hybridized carbons (Fsp3) is 0.417. The summed E-state index contributed by atoms with van der Waals surface area (Å²) in [6, 6.07) is 4.16. The van der Waals surface area contributed by atoms with E-state index in [1.54, 1.807) is 6.07 Å². The first-order valence-electron chi connectivity index (χ1n) is 5.35. The third kappa shape index (κ3) is 3.78. The molecule has 0 aliphatic carbocycles. The van der Waals surface area contributed by atoms with Gasteiger partial charge in [-0.1, -0.05) is 0 Å². The third-order valence-corrected chi connectivity index (χ3v) is 2.70. The van der Waals surface area contributed by atoms with E-state index in [4.69, 9.17) is 21.1 Å². The molecule has 2 N–H and O–H groups in total. The number of benzene rings is 1. The molecular weight excluding hydrogens is 258 g/mol. The first-order valence-corrected chi connectivity index (χ1v) is 5.88. The van der Waals surface area contributed by atoms with Gasteiger partial charge in [-0.15, -0.1) is 11.6 Å². The van der Waals surface area contributed by atoms with E-state index in [9.17, 15) is 9.90 Å². The summed E-state index contributed by atoms with van der Waals surface area (Å²) in [5.74, 6) is 0.161. The summed E-state index contributed by atoms with van der Waals surface area (Å²) in [5.41, 5.74) is 0.333. The molecule has 0 radical (unpaired) electrons. The number of amides is 1. The Morgan fingerprint density at radius 2 is 2.22 bits per heavy atom. The van der Waals surface area contributed by atoms with Gasteiger partial charge in [0.25, 0.3) is 5.91 Å². The summed E-state index contributed by atoms with van der Waals surface area (Å²) >= 11 is 5.69. The lowest BCUT2D eigenvalue weighted by Crippen LogP contribution is -2.39. The first-order chi connectivity index (χ1) is 8.62. The van der Waals surface area contributed by atoms with Crippen LogP contribution in [0.4, 0.5) is 0 Å². The number of hydrogen-bond donors (Lipinski definition) is 2. The summed E-state index contributed by atoms with van der Waals surface area (Å²) < 4.78 is 9.82. The number of methoxy groups -OCH3 is 2. The summed E-state index contributed by atoms with van der Waals surface area (Å²) in [6.45, 7) is 0.331. The first kappa shape index (κ1) is 14.6. The Hall–Kier alpha value is -1.46. The van der Waals surface area contributed by atoms with Crippen molar-refractivity contribution in [3.63, 3.8) is 0 Å². The maximum atomic E-state index is 11.9. The van der Waals surface area contributed by atoms with Crippen molar-refractivity contribution in [1.29, 1.82) is 0 Å². The molecule has 0 fully saturated rings. The molecule has 5 nitrogen and oxygen atoms in total. The van der Waals surface area contributed by atoms with E-state index < -0.39 is 0 Å². The summed E-state index contributed by atoms with van der Waals surface area (Å²) in [7, 11) is 2.97. The highest BCUT2D eigenvalue weighted by molar-refractivity contribution is 6.18. The van der Waals surface area contributed by atoms with Crippen LogP contribution in [0.1, 0.15) is 10.4 Å². The Morgan fingerprint density at radius 3 is 2.72 bits per heavy atom. The number of carbonyl (C=O) groups is 1. The van der Waals surface area contributed by atoms with Gasteiger partial charge in [0.1, 0.15) is 0 Å². The van der Waals surface area contributed by atoms with Crippen molar-refractivity contribution in [2.75, 3.05) is 26.7 Å². The Balaban J connectivity index is 2.74. The monoisotopic (exact) mass is 273 g/mol. The molecule has 1 unspecified atom stereocenters. The maximum Gasteiger partial charge on any atom is 0.251 e. The standard InChI is InChI=1S/C12H16ClNO4/c1-17-7-9(6-13)14-12(16)8-3-4-11(18-2)10(15)5-8/h3-5,9,15H,6-7H2,1-2H3,(H,14,16). The zero-order valence-electron chi connectivity index (χ0n) is 10.3. The zero-order chi connectivity index (χ0) is 13.5. The van der Waals surface area contributed by atoms with Crippen LogP contribution in [-0.4, -0.2) is 43.8 Å². The number of phenols is 1. The molecule has 100 valence electrons. The minimum atomic E-state index is -0.323. The number of ether oxygens (including phenoxy) is 2. The second-order valence-electron chi connectivity index (χ2n) is 3.67. The highest BCUT2D eigenvalue weighted by Gasteiger charge is 2.14. The fourth-order valence-corrected chi connectivity index (χ4v) is 1.59. The lowest BCUT2D eigenvalue weighted by molar-refractivity contribution is 0.0906. The Bertz CT molecular complexity index is 411. The molecule has 18 heavy (non-hydrogen) atoms. The van der Waals surface area contributed by atoms with Crippen LogP contribution in [0.5, 0.6) is 11.5 Å². The topological polar surface area (TPSA) is 67.8 Å². The molecule has 1 atom stereocenters. The molecule has 0 aromatic heterocycles. The minimum absolute atomic E-state index is 0.0840. The quantitative estimate of drug-likeness (QED) is 0.769. The van der Waals surface area contributed by atoms with Crippen LogP contribution >= 0.6 is 11.6 Å². The molecule has 1 amide bonds. The predicted octanol–water partition coefficient (Wildman–Crippen LogP) is 1.38. The summed E-state index contributed by atoms with van der Waals surface area (Å²) in [5, 5.41) is 12.3. The van der Waals surface area contributed by atoms with Crippen LogP contribution in [0.2, 0.25) is 0 Å². The van der Waals surface area contributed by atoms with E-state index in [1.165, 1.54) is 26.4 Å². The molecule has 0 aliphatic heterocycles. The molecular formula is C12H16ClNO4. The van der Waals surface area contributed by atoms with Crippen LogP contribution in [0, 0.1) is 0 Å². The number of halogens is 1. The van der Waals surface area contributed by atoms with Crippen molar-refractivity contribution in [2.24, 2.45) is 0 Å². The number of nitrogens with one attached hydrogen (secondary N) is 1. The number of hydrogen-bond acceptors (Lipinski definition) is 4. The molecule has 6 heteroatoms. The van der Waals surface area contributed by atoms with Gasteiger partial charge in [-0.2, -0.15) is 0 Å². The molecule has 0 heterocycles. The maximum absolute atomic E-state index is 11.9. The SMILES string of the molecule is COCC(CCl)NC(=O)c1ccc(OC)c(O)c1. The van der Waals surface area contributed by atoms with Crippen LogP contribution in [0.3, 0.4) is 0 Å². The number of alkyl halides is 1. The van der Waals surface area contributed by atoms with E-state index in [1.807, 2.05) is 0 Å². The van der Waals surface area contributed by atoms with Crippen molar-refractivity contribution in [2.45, 2.75) is 6.04 Å². The fourth-order valence-electron chi connectivity index (χ4n) is 1.43. The zero-order valence-corrected chi connectivity index (χ0v) is 11.0. The van der Waals surface area contributed by atoms with Crippen LogP contribution < -0.4 is 10.1 Å². The van der Waals surface area contributed by atoms with Crippen LogP contribution in [0.15, 0.2) is 18.2 Å². The molecule has 0 spiro atoms. The largest absolute Gasteiger partial charge is 0.504 e. The Labute approximate surface area is 111 Å². The highest BCUT2D eigenvalue weighted by atomic mass is 35.5. The summed E-state index contributed by atoms with van der Waals surface area (Å²) in [6.07, 6.45) is 0. The predicted molar refractivity (Wildman–Crippen MR) is 68.5 cm³/mol. The molecule has 1 aromatic carbocycles. The van der Waals surface area contributed by atoms with Crippen molar-refractivity contribution in [3.8, 4) is 11.5 Å². The van der Waals surface area contributed by atoms with Gasteiger partial charge < -0.3 is 19.9 Å². The van der Waals surface area contributed by atoms with E-state index in [0.29, 0.717) is 17.9 Å². The Kier molecular flexibility index (Phi) is 5.74. The minimum Gasteiger partial charge on any atom is -0.504 e. The smallest absolute Gasteiger partial charge is 0.251 e.